The van der Waals surface area contributed by atoms with Gasteiger partial charge in [-0.15, -0.1) is 11.3 Å². The molecule has 162 valence electrons. The molecule has 32 heavy (non-hydrogen) atoms. The van der Waals surface area contributed by atoms with E-state index in [0.717, 1.165) is 38.5 Å². The molecule has 4 aromatic rings. The third-order valence-corrected chi connectivity index (χ3v) is 6.80. The van der Waals surface area contributed by atoms with Gasteiger partial charge in [0.05, 0.1) is 28.5 Å². The number of fused-ring (bicyclic) bond motifs is 2. The Balaban J connectivity index is 1.26. The zero-order valence-electron chi connectivity index (χ0n) is 17.6. The third kappa shape index (κ3) is 4.31. The van der Waals surface area contributed by atoms with Gasteiger partial charge in [0.1, 0.15) is 16.6 Å². The molecule has 6 nitrogen and oxygen atoms in total. The molecule has 0 saturated carbocycles. The number of nitrogens with zero attached hydrogens (tertiary/aromatic N) is 4. The maximum Gasteiger partial charge on any atom is 0.318 e. The van der Waals surface area contributed by atoms with Crippen molar-refractivity contribution >= 4 is 27.6 Å². The fourth-order valence-corrected chi connectivity index (χ4v) is 4.77. The second-order valence-electron chi connectivity index (χ2n) is 7.92. The van der Waals surface area contributed by atoms with Crippen LogP contribution in [0.15, 0.2) is 54.7 Å². The van der Waals surface area contributed by atoms with Crippen LogP contribution in [0.1, 0.15) is 40.6 Å². The van der Waals surface area contributed by atoms with Crippen molar-refractivity contribution in [2.75, 3.05) is 6.54 Å². The van der Waals surface area contributed by atoms with E-state index in [1.54, 1.807) is 28.4 Å². The molecule has 1 aliphatic rings. The molecule has 2 aromatic carbocycles. The third-order valence-electron chi connectivity index (χ3n) is 5.58. The molecule has 2 aromatic heterocycles. The van der Waals surface area contributed by atoms with Crippen molar-refractivity contribution in [2.24, 2.45) is 0 Å². The van der Waals surface area contributed by atoms with Crippen molar-refractivity contribution in [3.8, 4) is 0 Å². The van der Waals surface area contributed by atoms with Crippen molar-refractivity contribution in [1.82, 2.24) is 25.2 Å². The first-order chi connectivity index (χ1) is 15.5. The normalized spacial score (nSPS) is 14.2. The Kier molecular flexibility index (Phi) is 5.53. The molecule has 1 N–H and O–H groups in total. The Hall–Kier alpha value is -3.39. The molecule has 0 radical (unpaired) electrons. The lowest BCUT2D eigenvalue weighted by atomic mass is 10.1. The molecule has 0 aliphatic carbocycles. The van der Waals surface area contributed by atoms with E-state index in [-0.39, 0.29) is 17.9 Å². The summed E-state index contributed by atoms with van der Waals surface area (Å²) in [5.41, 5.74) is 3.83. The Labute approximate surface area is 189 Å². The van der Waals surface area contributed by atoms with Crippen LogP contribution in [0.3, 0.4) is 0 Å². The van der Waals surface area contributed by atoms with E-state index in [9.17, 15) is 9.18 Å². The minimum Gasteiger partial charge on any atom is -0.329 e. The van der Waals surface area contributed by atoms with E-state index in [1.807, 2.05) is 37.4 Å². The number of halogens is 1. The number of thiazole rings is 1. The highest BCUT2D eigenvalue weighted by Gasteiger charge is 2.24. The summed E-state index contributed by atoms with van der Waals surface area (Å²) in [5.74, 6) is 0.405. The number of aromatic nitrogens is 3. The van der Waals surface area contributed by atoms with Gasteiger partial charge < -0.3 is 10.2 Å². The summed E-state index contributed by atoms with van der Waals surface area (Å²) < 4.78 is 14.3. The van der Waals surface area contributed by atoms with Crippen LogP contribution in [-0.4, -0.2) is 32.4 Å². The van der Waals surface area contributed by atoms with Gasteiger partial charge in [0.2, 0.25) is 0 Å². The summed E-state index contributed by atoms with van der Waals surface area (Å²) in [6.07, 6.45) is 3.09. The Morgan fingerprint density at radius 3 is 2.81 bits per heavy atom. The summed E-state index contributed by atoms with van der Waals surface area (Å²) in [6, 6.07) is 14.0. The van der Waals surface area contributed by atoms with Gasteiger partial charge in [0.25, 0.3) is 0 Å². The lowest BCUT2D eigenvalue weighted by Gasteiger charge is -2.29. The molecule has 0 bridgehead atoms. The molecule has 2 amide bonds. The topological polar surface area (TPSA) is 71.0 Å². The van der Waals surface area contributed by atoms with Crippen molar-refractivity contribution in [2.45, 2.75) is 32.4 Å². The van der Waals surface area contributed by atoms with Crippen LogP contribution in [0.4, 0.5) is 9.18 Å². The number of hydrogen-bond acceptors (Lipinski definition) is 5. The van der Waals surface area contributed by atoms with Crippen molar-refractivity contribution in [3.63, 3.8) is 0 Å². The highest BCUT2D eigenvalue weighted by Crippen LogP contribution is 2.26. The van der Waals surface area contributed by atoms with Gasteiger partial charge in [-0.1, -0.05) is 24.3 Å². The predicted molar refractivity (Wildman–Crippen MR) is 122 cm³/mol. The van der Waals surface area contributed by atoms with Gasteiger partial charge in [-0.3, -0.25) is 0 Å². The molecule has 3 heterocycles. The second-order valence-corrected chi connectivity index (χ2v) is 8.99. The highest BCUT2D eigenvalue weighted by atomic mass is 32.1. The Bertz CT molecular complexity index is 1240. The zero-order valence-corrected chi connectivity index (χ0v) is 18.4. The molecular formula is C24H22FN5OS. The number of amides is 2. The molecular weight excluding hydrogens is 425 g/mol. The molecule has 0 spiro atoms. The smallest absolute Gasteiger partial charge is 0.318 e. The molecule has 5 rings (SSSR count). The fraction of sp³-hybridized carbons (Fsp3) is 0.250. The van der Waals surface area contributed by atoms with Crippen LogP contribution in [-0.2, 0) is 19.4 Å². The number of benzene rings is 2. The van der Waals surface area contributed by atoms with Crippen molar-refractivity contribution in [1.29, 1.82) is 0 Å². The molecule has 8 heteroatoms. The minimum atomic E-state index is -0.262. The fourth-order valence-electron chi connectivity index (χ4n) is 3.80. The molecule has 1 unspecified atom stereocenters. The lowest BCUT2D eigenvalue weighted by Crippen LogP contribution is -2.44. The maximum absolute atomic E-state index is 13.1. The van der Waals surface area contributed by atoms with E-state index in [2.05, 4.69) is 15.3 Å². The van der Waals surface area contributed by atoms with Crippen LogP contribution in [0.25, 0.3) is 10.2 Å². The number of carbonyl (C=O) groups is 1. The van der Waals surface area contributed by atoms with Gasteiger partial charge in [0.15, 0.2) is 0 Å². The summed E-state index contributed by atoms with van der Waals surface area (Å²) >= 11 is 1.60. The van der Waals surface area contributed by atoms with Gasteiger partial charge in [-0.05, 0) is 48.7 Å². The van der Waals surface area contributed by atoms with E-state index in [4.69, 9.17) is 4.98 Å². The van der Waals surface area contributed by atoms with Crippen LogP contribution < -0.4 is 5.32 Å². The van der Waals surface area contributed by atoms with Crippen LogP contribution in [0.5, 0.6) is 0 Å². The summed E-state index contributed by atoms with van der Waals surface area (Å²) in [4.78, 5) is 28.5. The summed E-state index contributed by atoms with van der Waals surface area (Å²) in [6.45, 7) is 3.01. The highest BCUT2D eigenvalue weighted by molar-refractivity contribution is 7.18. The quantitative estimate of drug-likeness (QED) is 0.495. The summed E-state index contributed by atoms with van der Waals surface area (Å²) in [7, 11) is 0. The van der Waals surface area contributed by atoms with Gasteiger partial charge in [-0.25, -0.2) is 24.1 Å². The van der Waals surface area contributed by atoms with E-state index in [1.165, 1.54) is 12.1 Å². The molecule has 0 saturated heterocycles. The van der Waals surface area contributed by atoms with Crippen molar-refractivity contribution < 1.29 is 9.18 Å². The van der Waals surface area contributed by atoms with Gasteiger partial charge >= 0.3 is 6.03 Å². The monoisotopic (exact) mass is 447 g/mol. The number of para-hydroxylation sites is 1. The first-order valence-electron chi connectivity index (χ1n) is 10.5. The first kappa shape index (κ1) is 20.5. The standard InChI is InChI=1S/C24H22FN5OS/c1-15(23-29-19-4-2-3-5-21(19)32-23)27-24(31)30-11-10-17-13-26-22(28-20(17)14-30)12-16-6-8-18(25)9-7-16/h2-9,13,15H,10-12,14H2,1H3,(H,27,31). The number of nitrogens with one attached hydrogen (secondary N) is 1. The molecule has 0 fully saturated rings. The SMILES string of the molecule is CC(NC(=O)N1CCc2cnc(Cc3ccc(F)cc3)nc2C1)c1nc2ccccc2s1. The lowest BCUT2D eigenvalue weighted by molar-refractivity contribution is 0.188. The van der Waals surface area contributed by atoms with Gasteiger partial charge in [0, 0.05) is 19.2 Å². The van der Waals surface area contributed by atoms with Crippen LogP contribution >= 0.6 is 11.3 Å². The second kappa shape index (κ2) is 8.63. The minimum absolute atomic E-state index is 0.124. The van der Waals surface area contributed by atoms with Crippen LogP contribution in [0, 0.1) is 5.82 Å². The van der Waals surface area contributed by atoms with Crippen LogP contribution in [0.2, 0.25) is 0 Å². The maximum atomic E-state index is 13.1. The number of rotatable bonds is 4. The van der Waals surface area contributed by atoms with Gasteiger partial charge in [-0.2, -0.15) is 0 Å². The molecule has 1 aliphatic heterocycles. The largest absolute Gasteiger partial charge is 0.329 e. The Morgan fingerprint density at radius 2 is 2.00 bits per heavy atom. The van der Waals surface area contributed by atoms with E-state index < -0.39 is 0 Å². The average molecular weight is 448 g/mol. The van der Waals surface area contributed by atoms with E-state index >= 15 is 0 Å². The number of urea groups is 1. The zero-order chi connectivity index (χ0) is 22.1. The summed E-state index contributed by atoms with van der Waals surface area (Å²) in [5, 5.41) is 3.96. The van der Waals surface area contributed by atoms with E-state index in [0.29, 0.717) is 25.3 Å². The predicted octanol–water partition coefficient (Wildman–Crippen LogP) is 4.65. The number of hydrogen-bond donors (Lipinski definition) is 1. The van der Waals surface area contributed by atoms with Crippen molar-refractivity contribution in [3.05, 3.63) is 88.2 Å². The number of carbonyl (C=O) groups excluding carboxylic acids is 1. The Morgan fingerprint density at radius 1 is 1.19 bits per heavy atom. The average Bonchev–Trinajstić information content (AvgIpc) is 3.25. The molecule has 1 atom stereocenters. The first-order valence-corrected chi connectivity index (χ1v) is 11.4.